The van der Waals surface area contributed by atoms with Crippen molar-refractivity contribution in [1.82, 2.24) is 29.9 Å². The Morgan fingerprint density at radius 2 is 0.700 bits per heavy atom. The lowest BCUT2D eigenvalue weighted by Crippen LogP contribution is -2.02. The van der Waals surface area contributed by atoms with E-state index < -0.39 is 0 Å². The third-order valence-corrected chi connectivity index (χ3v) is 12.0. The molecule has 0 aliphatic carbocycles. The molecule has 0 saturated heterocycles. The lowest BCUT2D eigenvalue weighted by molar-refractivity contribution is 0.303. The Hall–Kier alpha value is -7.46. The van der Waals surface area contributed by atoms with E-state index in [4.69, 9.17) is 24.4 Å². The van der Waals surface area contributed by atoms with Gasteiger partial charge in [0.1, 0.15) is 23.0 Å². The van der Waals surface area contributed by atoms with E-state index in [-0.39, 0.29) is 11.5 Å². The van der Waals surface area contributed by atoms with E-state index in [9.17, 15) is 10.2 Å². The summed E-state index contributed by atoms with van der Waals surface area (Å²) in [6.07, 6.45) is 11.8. The number of benzene rings is 6. The zero-order chi connectivity index (χ0) is 49.2. The number of nitrogens with zero attached hydrogens (tertiary/aromatic N) is 6. The third kappa shape index (κ3) is 13.8. The summed E-state index contributed by atoms with van der Waals surface area (Å²) in [5.74, 6) is 4.62. The van der Waals surface area contributed by atoms with Crippen molar-refractivity contribution in [2.45, 2.75) is 106 Å². The number of phenolic OH excluding ortho intramolecular Hbond substituents is 2. The van der Waals surface area contributed by atoms with E-state index in [0.717, 1.165) is 59.1 Å². The van der Waals surface area contributed by atoms with E-state index in [2.05, 4.69) is 92.9 Å². The Balaban J connectivity index is 0.000000209. The average Bonchev–Trinajstić information content (AvgIpc) is 3.36. The van der Waals surface area contributed by atoms with Crippen molar-refractivity contribution in [3.8, 4) is 91.3 Å². The van der Waals surface area contributed by atoms with Crippen LogP contribution in [0.2, 0.25) is 0 Å². The van der Waals surface area contributed by atoms with Gasteiger partial charge in [0.05, 0.1) is 24.3 Å². The second kappa shape index (κ2) is 25.2. The molecule has 0 aliphatic heterocycles. The zero-order valence-electron chi connectivity index (χ0n) is 41.6. The molecule has 2 N–H and O–H groups in total. The molecule has 2 aromatic heterocycles. The molecule has 70 heavy (non-hydrogen) atoms. The van der Waals surface area contributed by atoms with Crippen LogP contribution in [0.1, 0.15) is 100 Å². The molecule has 0 unspecified atom stereocenters. The molecule has 8 rings (SSSR count). The molecule has 0 spiro atoms. The number of rotatable bonds is 20. The second-order valence-electron chi connectivity index (χ2n) is 17.9. The van der Waals surface area contributed by atoms with E-state index in [1.807, 2.05) is 78.9 Å². The molecular weight excluding hydrogens is 869 g/mol. The molecule has 8 aromatic rings. The van der Waals surface area contributed by atoms with Crippen LogP contribution in [0.3, 0.4) is 0 Å². The first-order valence-electron chi connectivity index (χ1n) is 24.8. The molecule has 360 valence electrons. The number of unbranched alkanes of at least 4 members (excludes halogenated alkanes) is 8. The van der Waals surface area contributed by atoms with Gasteiger partial charge in [0, 0.05) is 34.4 Å². The zero-order valence-corrected chi connectivity index (χ0v) is 41.6. The minimum atomic E-state index is 0.0836. The summed E-state index contributed by atoms with van der Waals surface area (Å²) in [5.41, 5.74) is 9.32. The first-order chi connectivity index (χ1) is 34.1. The van der Waals surface area contributed by atoms with Gasteiger partial charge in [-0.15, -0.1) is 0 Å². The fourth-order valence-corrected chi connectivity index (χ4v) is 8.17. The normalized spacial score (nSPS) is 10.9. The first-order valence-corrected chi connectivity index (χ1v) is 24.8. The van der Waals surface area contributed by atoms with Gasteiger partial charge >= 0.3 is 0 Å². The summed E-state index contributed by atoms with van der Waals surface area (Å²) in [5, 5.41) is 21.7. The molecule has 0 radical (unpaired) electrons. The Labute approximate surface area is 414 Å². The fourth-order valence-electron chi connectivity index (χ4n) is 8.17. The lowest BCUT2D eigenvalue weighted by Gasteiger charge is -2.13. The van der Waals surface area contributed by atoms with E-state index >= 15 is 0 Å². The molecule has 10 heteroatoms. The van der Waals surface area contributed by atoms with Crippen molar-refractivity contribution in [2.24, 2.45) is 0 Å². The SMILES string of the molecule is CCCCCCCCOc1ccc(-c2nc(-c3ccc(C)cc3C)nc(-c3ccc(C)cc3C)n2)c(O)c1.CCCCCCOc1ccc(-c2nc(-c3ccccc3)nc(-c3ccccc3)n2)c(O)c1. The number of hydrogen-bond donors (Lipinski definition) is 2. The molecule has 10 nitrogen and oxygen atoms in total. The smallest absolute Gasteiger partial charge is 0.167 e. The average molecular weight is 935 g/mol. The van der Waals surface area contributed by atoms with Crippen molar-refractivity contribution in [3.63, 3.8) is 0 Å². The van der Waals surface area contributed by atoms with Gasteiger partial charge in [-0.05, 0) is 75.9 Å². The van der Waals surface area contributed by atoms with Gasteiger partial charge in [-0.25, -0.2) is 29.9 Å². The van der Waals surface area contributed by atoms with Crippen molar-refractivity contribution in [2.75, 3.05) is 13.2 Å². The predicted octanol–water partition coefficient (Wildman–Crippen LogP) is 15.1. The Morgan fingerprint density at radius 3 is 1.10 bits per heavy atom. The van der Waals surface area contributed by atoms with Crippen LogP contribution in [0.4, 0.5) is 0 Å². The number of aromatic hydroxyl groups is 2. The number of hydrogen-bond acceptors (Lipinski definition) is 10. The molecule has 0 atom stereocenters. The highest BCUT2D eigenvalue weighted by Gasteiger charge is 2.19. The van der Waals surface area contributed by atoms with Crippen molar-refractivity contribution >= 4 is 0 Å². The summed E-state index contributed by atoms with van der Waals surface area (Å²) in [7, 11) is 0. The largest absolute Gasteiger partial charge is 0.507 e. The lowest BCUT2D eigenvalue weighted by atomic mass is 10.0. The maximum Gasteiger partial charge on any atom is 0.167 e. The van der Waals surface area contributed by atoms with E-state index in [1.165, 1.54) is 49.7 Å². The number of aromatic nitrogens is 6. The van der Waals surface area contributed by atoms with Crippen molar-refractivity contribution < 1.29 is 19.7 Å². The van der Waals surface area contributed by atoms with Gasteiger partial charge in [0.25, 0.3) is 0 Å². The summed E-state index contributed by atoms with van der Waals surface area (Å²) >= 11 is 0. The van der Waals surface area contributed by atoms with Crippen LogP contribution >= 0.6 is 0 Å². The quantitative estimate of drug-likeness (QED) is 0.0711. The summed E-state index contributed by atoms with van der Waals surface area (Å²) in [6, 6.07) is 42.7. The Kier molecular flexibility index (Phi) is 18.2. The van der Waals surface area contributed by atoms with Crippen molar-refractivity contribution in [3.05, 3.63) is 156 Å². The van der Waals surface area contributed by atoms with Gasteiger partial charge in [-0.2, -0.15) is 0 Å². The number of phenols is 2. The van der Waals surface area contributed by atoms with Gasteiger partial charge in [0.15, 0.2) is 34.9 Å². The summed E-state index contributed by atoms with van der Waals surface area (Å²) < 4.78 is 11.7. The Bertz CT molecular complexity index is 2820. The maximum atomic E-state index is 11.0. The van der Waals surface area contributed by atoms with Crippen molar-refractivity contribution in [1.29, 1.82) is 0 Å². The van der Waals surface area contributed by atoms with Crippen LogP contribution in [0.15, 0.2) is 133 Å². The highest BCUT2D eigenvalue weighted by atomic mass is 16.5. The summed E-state index contributed by atoms with van der Waals surface area (Å²) in [4.78, 5) is 28.5. The Morgan fingerprint density at radius 1 is 0.357 bits per heavy atom. The van der Waals surface area contributed by atoms with E-state index in [0.29, 0.717) is 70.8 Å². The highest BCUT2D eigenvalue weighted by molar-refractivity contribution is 5.73. The maximum absolute atomic E-state index is 11.0. The minimum absolute atomic E-state index is 0.0836. The van der Waals surface area contributed by atoms with Crippen LogP contribution in [-0.2, 0) is 0 Å². The molecular formula is C60H66N6O4. The monoisotopic (exact) mass is 935 g/mol. The highest BCUT2D eigenvalue weighted by Crippen LogP contribution is 2.35. The van der Waals surface area contributed by atoms with Gasteiger partial charge in [-0.1, -0.05) is 173 Å². The fraction of sp³-hybridized carbons (Fsp3) is 0.300. The molecule has 0 amide bonds. The molecule has 0 fully saturated rings. The van der Waals surface area contributed by atoms with Crippen LogP contribution < -0.4 is 9.47 Å². The molecule has 2 heterocycles. The van der Waals surface area contributed by atoms with Crippen LogP contribution in [-0.4, -0.2) is 53.3 Å². The van der Waals surface area contributed by atoms with Gasteiger partial charge in [-0.3, -0.25) is 0 Å². The van der Waals surface area contributed by atoms with Crippen LogP contribution in [0.5, 0.6) is 23.0 Å². The van der Waals surface area contributed by atoms with Gasteiger partial charge in [0.2, 0.25) is 0 Å². The molecule has 0 bridgehead atoms. The standard InChI is InChI=1S/C33H39N3O2.C27H27N3O2/c1-6-7-8-9-10-11-18-38-26-14-17-29(30(37)21-26)33-35-31(27-15-12-22(2)19-24(27)4)34-32(36-33)28-16-13-23(3)20-25(28)5;1-2-3-4-11-18-32-22-16-17-23(24(31)19-22)27-29-25(20-12-7-5-8-13-20)28-26(30-27)21-14-9-6-10-15-21/h12-17,19-21,37H,6-11,18H2,1-5H3;5-10,12-17,19,31H,2-4,11,18H2,1H3. The second-order valence-corrected chi connectivity index (χ2v) is 17.9. The molecule has 0 aliphatic rings. The predicted molar refractivity (Wildman–Crippen MR) is 283 cm³/mol. The number of ether oxygens (including phenoxy) is 2. The third-order valence-electron chi connectivity index (χ3n) is 12.0. The summed E-state index contributed by atoms with van der Waals surface area (Å²) in [6.45, 7) is 14.0. The van der Waals surface area contributed by atoms with Gasteiger partial charge < -0.3 is 19.7 Å². The first kappa shape index (κ1) is 50.4. The van der Waals surface area contributed by atoms with Crippen LogP contribution in [0, 0.1) is 27.7 Å². The van der Waals surface area contributed by atoms with Crippen LogP contribution in [0.25, 0.3) is 68.3 Å². The van der Waals surface area contributed by atoms with E-state index in [1.54, 1.807) is 18.2 Å². The molecule has 0 saturated carbocycles. The number of aryl methyl sites for hydroxylation is 4. The minimum Gasteiger partial charge on any atom is -0.507 e. The molecule has 6 aromatic carbocycles. The topological polar surface area (TPSA) is 136 Å².